The number of hydrogen-bond donors (Lipinski definition) is 1. The summed E-state index contributed by atoms with van der Waals surface area (Å²) in [6.07, 6.45) is 1.40. The van der Waals surface area contributed by atoms with E-state index in [2.05, 4.69) is 21.2 Å². The molecule has 4 amide bonds. The van der Waals surface area contributed by atoms with E-state index >= 15 is 0 Å². The van der Waals surface area contributed by atoms with Crippen molar-refractivity contribution in [1.82, 2.24) is 5.32 Å². The molecule has 1 N–H and O–H groups in total. The zero-order chi connectivity index (χ0) is 26.0. The summed E-state index contributed by atoms with van der Waals surface area (Å²) < 4.78 is 6.32. The second-order valence-corrected chi connectivity index (χ2v) is 8.94. The standard InChI is InChI=1S/C26H20BrN3O6/c1-15-5-3-8-22(16(15)2)29-25(32)20(24(31)28-26(29)33)12-17-9-10-23(21(27)13-17)36-14-18-6-4-7-19(11-18)30(34)35/h3-13H,14H2,1-2H3,(H,28,31,33)/b20-12+. The van der Waals surface area contributed by atoms with Gasteiger partial charge in [-0.15, -0.1) is 0 Å². The van der Waals surface area contributed by atoms with E-state index in [1.807, 2.05) is 13.0 Å². The van der Waals surface area contributed by atoms with Gasteiger partial charge in [-0.3, -0.25) is 25.0 Å². The molecular weight excluding hydrogens is 530 g/mol. The number of urea groups is 1. The summed E-state index contributed by atoms with van der Waals surface area (Å²) in [6.45, 7) is 3.77. The van der Waals surface area contributed by atoms with Crippen molar-refractivity contribution < 1.29 is 24.0 Å². The number of anilines is 1. The van der Waals surface area contributed by atoms with Crippen molar-refractivity contribution >= 4 is 51.2 Å². The zero-order valence-corrected chi connectivity index (χ0v) is 20.9. The number of nitro groups is 1. The van der Waals surface area contributed by atoms with Gasteiger partial charge in [-0.05, 0) is 76.3 Å². The van der Waals surface area contributed by atoms with Gasteiger partial charge >= 0.3 is 6.03 Å². The topological polar surface area (TPSA) is 119 Å². The van der Waals surface area contributed by atoms with Crippen LogP contribution in [0.1, 0.15) is 22.3 Å². The number of hydrogen-bond acceptors (Lipinski definition) is 6. The number of barbiturate groups is 1. The number of nitrogens with zero attached hydrogens (tertiary/aromatic N) is 2. The quantitative estimate of drug-likeness (QED) is 0.195. The van der Waals surface area contributed by atoms with Gasteiger partial charge in [-0.2, -0.15) is 0 Å². The number of nitrogens with one attached hydrogen (secondary N) is 1. The van der Waals surface area contributed by atoms with Crippen molar-refractivity contribution in [3.63, 3.8) is 0 Å². The first-order valence-corrected chi connectivity index (χ1v) is 11.6. The molecule has 1 saturated heterocycles. The fourth-order valence-electron chi connectivity index (χ4n) is 3.67. The number of ether oxygens (including phenoxy) is 1. The van der Waals surface area contributed by atoms with Gasteiger partial charge in [0.1, 0.15) is 17.9 Å². The van der Waals surface area contributed by atoms with Crippen LogP contribution in [-0.2, 0) is 16.2 Å². The van der Waals surface area contributed by atoms with Crippen molar-refractivity contribution in [1.29, 1.82) is 0 Å². The van der Waals surface area contributed by atoms with Crippen LogP contribution in [0.5, 0.6) is 5.75 Å². The molecule has 182 valence electrons. The maximum Gasteiger partial charge on any atom is 0.335 e. The average Bonchev–Trinajstić information content (AvgIpc) is 2.84. The summed E-state index contributed by atoms with van der Waals surface area (Å²) in [5.41, 5.74) is 3.00. The molecule has 1 heterocycles. The van der Waals surface area contributed by atoms with Crippen LogP contribution in [0.25, 0.3) is 6.08 Å². The highest BCUT2D eigenvalue weighted by Gasteiger charge is 2.37. The van der Waals surface area contributed by atoms with E-state index in [0.717, 1.165) is 16.0 Å². The average molecular weight is 550 g/mol. The summed E-state index contributed by atoms with van der Waals surface area (Å²) in [6, 6.07) is 15.5. The predicted octanol–water partition coefficient (Wildman–Crippen LogP) is 5.22. The Morgan fingerprint density at radius 3 is 2.53 bits per heavy atom. The molecule has 0 atom stereocenters. The van der Waals surface area contributed by atoms with Gasteiger partial charge < -0.3 is 4.74 Å². The van der Waals surface area contributed by atoms with Crippen LogP contribution >= 0.6 is 15.9 Å². The predicted molar refractivity (Wildman–Crippen MR) is 136 cm³/mol. The fourth-order valence-corrected chi connectivity index (χ4v) is 4.18. The van der Waals surface area contributed by atoms with Crippen molar-refractivity contribution in [3.05, 3.63) is 103 Å². The van der Waals surface area contributed by atoms with Gasteiger partial charge in [0, 0.05) is 12.1 Å². The maximum atomic E-state index is 13.2. The number of rotatable bonds is 6. The number of carbonyl (C=O) groups is 3. The molecule has 0 saturated carbocycles. The highest BCUT2D eigenvalue weighted by molar-refractivity contribution is 9.10. The summed E-state index contributed by atoms with van der Waals surface area (Å²) in [5, 5.41) is 13.2. The first-order chi connectivity index (χ1) is 17.2. The van der Waals surface area contributed by atoms with Crippen LogP contribution in [0.2, 0.25) is 0 Å². The Kier molecular flexibility index (Phi) is 6.98. The lowest BCUT2D eigenvalue weighted by molar-refractivity contribution is -0.384. The Hall–Kier alpha value is -4.31. The number of non-ortho nitro benzene ring substituents is 1. The van der Waals surface area contributed by atoms with Crippen LogP contribution in [0.4, 0.5) is 16.2 Å². The number of aryl methyl sites for hydroxylation is 1. The highest BCUT2D eigenvalue weighted by atomic mass is 79.9. The SMILES string of the molecule is Cc1cccc(N2C(=O)NC(=O)/C(=C\c3ccc(OCc4cccc([N+](=O)[O-])c4)c(Br)c3)C2=O)c1C. The molecule has 9 nitrogen and oxygen atoms in total. The van der Waals surface area contributed by atoms with Crippen LogP contribution < -0.4 is 15.0 Å². The normalized spacial score (nSPS) is 14.7. The van der Waals surface area contributed by atoms with Gasteiger partial charge in [-0.1, -0.05) is 30.3 Å². The van der Waals surface area contributed by atoms with E-state index in [-0.39, 0.29) is 17.9 Å². The largest absolute Gasteiger partial charge is 0.488 e. The molecule has 3 aromatic carbocycles. The number of imide groups is 2. The van der Waals surface area contributed by atoms with E-state index in [4.69, 9.17) is 4.74 Å². The Morgan fingerprint density at radius 2 is 1.81 bits per heavy atom. The second kappa shape index (κ2) is 10.1. The zero-order valence-electron chi connectivity index (χ0n) is 19.3. The van der Waals surface area contributed by atoms with Gasteiger partial charge in [0.2, 0.25) is 0 Å². The van der Waals surface area contributed by atoms with Crippen molar-refractivity contribution in [2.75, 3.05) is 4.90 Å². The van der Waals surface area contributed by atoms with Gasteiger partial charge in [-0.25, -0.2) is 9.69 Å². The number of carbonyl (C=O) groups excluding carboxylic acids is 3. The minimum atomic E-state index is -0.804. The Balaban J connectivity index is 1.57. The van der Waals surface area contributed by atoms with Crippen LogP contribution in [0, 0.1) is 24.0 Å². The first-order valence-electron chi connectivity index (χ1n) is 10.8. The molecule has 0 bridgehead atoms. The number of nitro benzene ring substituents is 1. The van der Waals surface area contributed by atoms with Crippen LogP contribution in [0.15, 0.2) is 70.7 Å². The summed E-state index contributed by atoms with van der Waals surface area (Å²) in [7, 11) is 0. The third-order valence-corrected chi connectivity index (χ3v) is 6.32. The van der Waals surface area contributed by atoms with E-state index in [1.165, 1.54) is 18.2 Å². The molecule has 0 aromatic heterocycles. The highest BCUT2D eigenvalue weighted by Crippen LogP contribution is 2.30. The van der Waals surface area contributed by atoms with E-state index in [9.17, 15) is 24.5 Å². The van der Waals surface area contributed by atoms with Crippen molar-refractivity contribution in [3.8, 4) is 5.75 Å². The lowest BCUT2D eigenvalue weighted by atomic mass is 10.0. The molecule has 1 aliphatic heterocycles. The Labute approximate surface area is 214 Å². The Morgan fingerprint density at radius 1 is 1.06 bits per heavy atom. The monoisotopic (exact) mass is 549 g/mol. The fraction of sp³-hybridized carbons (Fsp3) is 0.115. The van der Waals surface area contributed by atoms with E-state index < -0.39 is 22.8 Å². The van der Waals surface area contributed by atoms with Gasteiger partial charge in [0.15, 0.2) is 0 Å². The van der Waals surface area contributed by atoms with Crippen LogP contribution in [-0.4, -0.2) is 22.8 Å². The molecular formula is C26H20BrN3O6. The molecule has 0 spiro atoms. The number of amides is 4. The molecule has 36 heavy (non-hydrogen) atoms. The third kappa shape index (κ3) is 5.03. The summed E-state index contributed by atoms with van der Waals surface area (Å²) in [4.78, 5) is 49.6. The molecule has 0 aliphatic carbocycles. The van der Waals surface area contributed by atoms with E-state index in [0.29, 0.717) is 27.0 Å². The molecule has 1 fully saturated rings. The lowest BCUT2D eigenvalue weighted by Crippen LogP contribution is -2.54. The molecule has 1 aliphatic rings. The molecule has 3 aromatic rings. The smallest absolute Gasteiger partial charge is 0.335 e. The van der Waals surface area contributed by atoms with Gasteiger partial charge in [0.05, 0.1) is 15.1 Å². The van der Waals surface area contributed by atoms with Crippen molar-refractivity contribution in [2.24, 2.45) is 0 Å². The molecule has 0 radical (unpaired) electrons. The minimum Gasteiger partial charge on any atom is -0.488 e. The molecule has 10 heteroatoms. The number of halogens is 1. The first kappa shape index (κ1) is 24.8. The summed E-state index contributed by atoms with van der Waals surface area (Å²) in [5.74, 6) is -1.04. The second-order valence-electron chi connectivity index (χ2n) is 8.08. The van der Waals surface area contributed by atoms with Crippen LogP contribution in [0.3, 0.4) is 0 Å². The van der Waals surface area contributed by atoms with Crippen molar-refractivity contribution in [2.45, 2.75) is 20.5 Å². The minimum absolute atomic E-state index is 0.0269. The van der Waals surface area contributed by atoms with Gasteiger partial charge in [0.25, 0.3) is 17.5 Å². The Bertz CT molecular complexity index is 1450. The lowest BCUT2D eigenvalue weighted by Gasteiger charge is -2.28. The van der Waals surface area contributed by atoms with E-state index in [1.54, 1.807) is 49.4 Å². The number of benzene rings is 3. The summed E-state index contributed by atoms with van der Waals surface area (Å²) >= 11 is 3.42. The molecule has 0 unspecified atom stereocenters. The molecule has 4 rings (SSSR count). The maximum absolute atomic E-state index is 13.2. The third-order valence-electron chi connectivity index (χ3n) is 5.70.